The van der Waals surface area contributed by atoms with Crippen molar-refractivity contribution in [1.29, 1.82) is 0 Å². The second-order valence-electron chi connectivity index (χ2n) is 23.5. The van der Waals surface area contributed by atoms with Crippen molar-refractivity contribution in [2.45, 2.75) is 19.8 Å². The fourth-order valence-electron chi connectivity index (χ4n) is 9.76. The average Bonchev–Trinajstić information content (AvgIpc) is 0.802. The maximum atomic E-state index is 6.50. The molecule has 608 valence electrons. The zero-order chi connectivity index (χ0) is 76.8. The fraction of sp³-hybridized carbons (Fsp3) is 0.556. The van der Waals surface area contributed by atoms with E-state index in [2.05, 4.69) is 36.4 Å². The van der Waals surface area contributed by atoms with E-state index in [0.717, 1.165) is 32.6 Å². The molecule has 6 aromatic carbocycles. The highest BCUT2D eigenvalue weighted by Crippen LogP contribution is 2.36. The van der Waals surface area contributed by atoms with E-state index in [1.807, 2.05) is 91.0 Å². The maximum absolute atomic E-state index is 6.50. The van der Waals surface area contributed by atoms with E-state index in [9.17, 15) is 0 Å². The van der Waals surface area contributed by atoms with Gasteiger partial charge in [-0.05, 0) is 113 Å². The molecule has 0 fully saturated rings. The van der Waals surface area contributed by atoms with E-state index in [1.165, 1.54) is 0 Å². The standard InChI is InChI=1S/C81H117O27P/c1-82-19-25-88-31-37-94-43-49-100-73-55-67(56-74(61-73)101-50-44-95-38-32-89-26-20-83-2)64-106-70-7-13-79(14-8-70)109(80-15-9-71(10-16-80)107-65-68-57-75(102-51-45-96-39-33-90-27-21-84-3)62-76(58-68)103-52-46-97-40-34-91-28-22-85-4)81-17-11-72(12-18-81)108-66-69-59-77(104-53-47-98-41-35-92-29-23-86-5)63-78(60-69)105-54-48-99-42-36-93-30-24-87-6/h7-18,55-63H,19-54,64-66H2,1-6H3. The lowest BCUT2D eigenvalue weighted by Gasteiger charge is -2.21. The van der Waals surface area contributed by atoms with Gasteiger partial charge < -0.3 is 128 Å². The Kier molecular flexibility index (Phi) is 51.7. The minimum atomic E-state index is -1.15. The van der Waals surface area contributed by atoms with Crippen LogP contribution in [0.5, 0.6) is 51.7 Å². The molecule has 0 radical (unpaired) electrons. The molecule has 109 heavy (non-hydrogen) atoms. The van der Waals surface area contributed by atoms with Crippen molar-refractivity contribution in [2.24, 2.45) is 0 Å². The largest absolute Gasteiger partial charge is 0.491 e. The molecule has 0 aliphatic heterocycles. The van der Waals surface area contributed by atoms with Gasteiger partial charge in [0.15, 0.2) is 0 Å². The second-order valence-corrected chi connectivity index (χ2v) is 25.7. The number of hydrogen-bond acceptors (Lipinski definition) is 27. The van der Waals surface area contributed by atoms with Crippen molar-refractivity contribution in [3.8, 4) is 51.7 Å². The first-order valence-electron chi connectivity index (χ1n) is 36.9. The van der Waals surface area contributed by atoms with Crippen LogP contribution in [-0.4, -0.2) is 281 Å². The highest BCUT2D eigenvalue weighted by atomic mass is 31.1. The van der Waals surface area contributed by atoms with Crippen molar-refractivity contribution in [3.63, 3.8) is 0 Å². The summed E-state index contributed by atoms with van der Waals surface area (Å²) in [6.07, 6.45) is 0. The lowest BCUT2D eigenvalue weighted by atomic mass is 10.2. The number of methoxy groups -OCH3 is 6. The Morgan fingerprint density at radius 1 is 0.165 bits per heavy atom. The SMILES string of the molecule is COCCOCCOCCOc1cc(COc2ccc(P(c3ccc(OCc4cc(OCCOCCOCCOC)cc(OCCOCCOCCOC)c4)cc3)c3ccc(OCc4cc(OCCOCCOCCOC)cc(OCCOCCOCCOC)c4)cc3)cc2)cc(OCCOCCOCCOC)c1. The molecule has 27 nitrogen and oxygen atoms in total. The molecule has 0 aliphatic carbocycles. The molecule has 28 heteroatoms. The summed E-state index contributed by atoms with van der Waals surface area (Å²) in [7, 11) is 8.69. The highest BCUT2D eigenvalue weighted by molar-refractivity contribution is 7.79. The summed E-state index contributed by atoms with van der Waals surface area (Å²) in [5, 5.41) is 3.25. The number of rotatable bonds is 72. The highest BCUT2D eigenvalue weighted by Gasteiger charge is 2.19. The molecule has 0 spiro atoms. The second kappa shape index (κ2) is 61.8. The van der Waals surface area contributed by atoms with Crippen LogP contribution in [0.3, 0.4) is 0 Å². The van der Waals surface area contributed by atoms with Gasteiger partial charge in [0.25, 0.3) is 0 Å². The fourth-order valence-corrected chi connectivity index (χ4v) is 12.0. The van der Waals surface area contributed by atoms with E-state index in [4.69, 9.17) is 128 Å². The molecule has 0 bridgehead atoms. The summed E-state index contributed by atoms with van der Waals surface area (Å²) in [4.78, 5) is 0. The van der Waals surface area contributed by atoms with Crippen LogP contribution in [0.15, 0.2) is 127 Å². The summed E-state index contributed by atoms with van der Waals surface area (Å²) < 4.78 is 155. The molecule has 0 aliphatic rings. The van der Waals surface area contributed by atoms with Gasteiger partial charge in [0.05, 0.1) is 198 Å². The maximum Gasteiger partial charge on any atom is 0.123 e. The van der Waals surface area contributed by atoms with Gasteiger partial charge in [-0.1, -0.05) is 36.4 Å². The Morgan fingerprint density at radius 2 is 0.321 bits per heavy atom. The molecule has 0 heterocycles. The van der Waals surface area contributed by atoms with Gasteiger partial charge in [-0.3, -0.25) is 0 Å². The minimum absolute atomic E-state index is 0.235. The van der Waals surface area contributed by atoms with Crippen LogP contribution in [0.2, 0.25) is 0 Å². The first-order chi connectivity index (χ1) is 53.9. The monoisotopic (exact) mass is 1550 g/mol. The smallest absolute Gasteiger partial charge is 0.123 e. The third-order valence-electron chi connectivity index (χ3n) is 15.1. The molecular weight excluding hydrogens is 1440 g/mol. The number of benzene rings is 6. The van der Waals surface area contributed by atoms with Crippen LogP contribution in [0.25, 0.3) is 0 Å². The van der Waals surface area contributed by atoms with Gasteiger partial charge in [0.1, 0.15) is 111 Å². The zero-order valence-electron chi connectivity index (χ0n) is 64.7. The van der Waals surface area contributed by atoms with E-state index in [1.54, 1.807) is 42.7 Å². The van der Waals surface area contributed by atoms with Gasteiger partial charge >= 0.3 is 0 Å². The topological polar surface area (TPSA) is 249 Å². The number of ether oxygens (including phenoxy) is 27. The predicted octanol–water partition coefficient (Wildman–Crippen LogP) is 8.53. The lowest BCUT2D eigenvalue weighted by molar-refractivity contribution is 0.0174. The molecular formula is C81H117O27P. The Morgan fingerprint density at radius 3 is 0.486 bits per heavy atom. The third-order valence-corrected chi connectivity index (χ3v) is 17.6. The summed E-state index contributed by atoms with van der Waals surface area (Å²) in [5.74, 6) is 5.70. The van der Waals surface area contributed by atoms with Crippen LogP contribution in [0, 0.1) is 0 Å². The Bertz CT molecular complexity index is 2700. The first-order valence-corrected chi connectivity index (χ1v) is 38.3. The molecule has 0 saturated heterocycles. The molecule has 0 saturated carbocycles. The summed E-state index contributed by atoms with van der Waals surface area (Å²) >= 11 is 0. The summed E-state index contributed by atoms with van der Waals surface area (Å²) in [6.45, 7) is 16.4. The Hall–Kier alpha value is -6.77. The van der Waals surface area contributed by atoms with E-state index < -0.39 is 7.92 Å². The van der Waals surface area contributed by atoms with Crippen molar-refractivity contribution < 1.29 is 128 Å². The van der Waals surface area contributed by atoms with Crippen molar-refractivity contribution in [1.82, 2.24) is 0 Å². The van der Waals surface area contributed by atoms with Gasteiger partial charge in [-0.25, -0.2) is 0 Å². The number of hydrogen-bond donors (Lipinski definition) is 0. The lowest BCUT2D eigenvalue weighted by Crippen LogP contribution is -2.20. The average molecular weight is 1550 g/mol. The van der Waals surface area contributed by atoms with Gasteiger partial charge in [-0.2, -0.15) is 0 Å². The normalized spacial score (nSPS) is 11.4. The van der Waals surface area contributed by atoms with Gasteiger partial charge in [0, 0.05) is 60.9 Å². The molecule has 0 aromatic heterocycles. The van der Waals surface area contributed by atoms with Crippen LogP contribution in [0.4, 0.5) is 0 Å². The Labute approximate surface area is 645 Å². The van der Waals surface area contributed by atoms with Crippen molar-refractivity contribution in [2.75, 3.05) is 281 Å². The molecule has 0 N–H and O–H groups in total. The Balaban J connectivity index is 1.19. The van der Waals surface area contributed by atoms with Crippen molar-refractivity contribution >= 4 is 23.8 Å². The molecule has 0 atom stereocenters. The molecule has 0 unspecified atom stereocenters. The van der Waals surface area contributed by atoms with Crippen LogP contribution in [-0.2, 0) is 105 Å². The molecule has 6 rings (SSSR count). The van der Waals surface area contributed by atoms with Crippen LogP contribution < -0.4 is 58.5 Å². The van der Waals surface area contributed by atoms with E-state index in [-0.39, 0.29) is 19.8 Å². The zero-order valence-corrected chi connectivity index (χ0v) is 65.6. The third kappa shape index (κ3) is 43.0. The van der Waals surface area contributed by atoms with Crippen LogP contribution in [0.1, 0.15) is 16.7 Å². The van der Waals surface area contributed by atoms with Crippen molar-refractivity contribution in [3.05, 3.63) is 144 Å². The minimum Gasteiger partial charge on any atom is -0.491 e. The van der Waals surface area contributed by atoms with E-state index in [0.29, 0.717) is 290 Å². The quantitative estimate of drug-likeness (QED) is 0.0256. The molecule has 0 amide bonds. The van der Waals surface area contributed by atoms with Gasteiger partial charge in [0.2, 0.25) is 0 Å². The van der Waals surface area contributed by atoms with Crippen LogP contribution >= 0.6 is 7.92 Å². The summed E-state index contributed by atoms with van der Waals surface area (Å²) in [6, 6.07) is 41.9. The van der Waals surface area contributed by atoms with Gasteiger partial charge in [-0.15, -0.1) is 0 Å². The van der Waals surface area contributed by atoms with E-state index >= 15 is 0 Å². The molecule has 6 aromatic rings. The first kappa shape index (κ1) is 91.1. The summed E-state index contributed by atoms with van der Waals surface area (Å²) in [5.41, 5.74) is 2.54. The predicted molar refractivity (Wildman–Crippen MR) is 412 cm³/mol.